The molecule has 1 saturated heterocycles. The van der Waals surface area contributed by atoms with Crippen LogP contribution < -0.4 is 0 Å². The van der Waals surface area contributed by atoms with Crippen molar-refractivity contribution < 1.29 is 30.0 Å². The molecule has 46 heavy (non-hydrogen) atoms. The standard InChI is InChI=1S/C20H24N2S2.C12H18O2.C4H4O4/c1-21-9-11-22(12-10-21)18-13-15-5-3-4-6-19(15)24-20-8-7-16(23-2)14-17(18)20;1-2-3-4-5-6-10-7-8-11(13)9-12(10)14;5-3(6)1-2-4(7)8/h3-8,14,18H,9-13H2,1-2H3;7-9,13-14H,2-6H2,1H3;1-2H,(H,5,6)(H,7,8). The number of carbonyl (C=O) groups is 2. The van der Waals surface area contributed by atoms with Crippen molar-refractivity contribution in [2.45, 2.75) is 66.2 Å². The summed E-state index contributed by atoms with van der Waals surface area (Å²) < 4.78 is 0. The Bertz CT molecular complexity index is 1440. The molecule has 0 saturated carbocycles. The van der Waals surface area contributed by atoms with E-state index in [0.29, 0.717) is 18.2 Å². The average Bonchev–Trinajstić information content (AvgIpc) is 3.20. The third-order valence-electron chi connectivity index (χ3n) is 7.90. The summed E-state index contributed by atoms with van der Waals surface area (Å²) in [6, 6.07) is 21.3. The highest BCUT2D eigenvalue weighted by molar-refractivity contribution is 7.99. The molecule has 0 radical (unpaired) electrons. The number of piperazine rings is 1. The fourth-order valence-electron chi connectivity index (χ4n) is 5.32. The third-order valence-corrected chi connectivity index (χ3v) is 9.83. The van der Waals surface area contributed by atoms with Gasteiger partial charge in [-0.2, -0.15) is 0 Å². The van der Waals surface area contributed by atoms with E-state index >= 15 is 0 Å². The molecule has 4 N–H and O–H groups in total. The molecule has 2 aliphatic rings. The third kappa shape index (κ3) is 12.1. The van der Waals surface area contributed by atoms with Crippen LogP contribution in [-0.4, -0.2) is 81.6 Å². The zero-order valence-electron chi connectivity index (χ0n) is 26.9. The van der Waals surface area contributed by atoms with Gasteiger partial charge < -0.3 is 25.3 Å². The highest BCUT2D eigenvalue weighted by atomic mass is 32.2. The maximum Gasteiger partial charge on any atom is 0.328 e. The van der Waals surface area contributed by atoms with E-state index in [1.807, 2.05) is 23.5 Å². The zero-order chi connectivity index (χ0) is 33.5. The molecule has 0 aliphatic carbocycles. The van der Waals surface area contributed by atoms with E-state index in [9.17, 15) is 14.7 Å². The van der Waals surface area contributed by atoms with Gasteiger partial charge in [0.05, 0.1) is 0 Å². The summed E-state index contributed by atoms with van der Waals surface area (Å²) in [7, 11) is 2.23. The van der Waals surface area contributed by atoms with Crippen LogP contribution in [0.2, 0.25) is 0 Å². The highest BCUT2D eigenvalue weighted by Crippen LogP contribution is 2.44. The Morgan fingerprint density at radius 1 is 0.891 bits per heavy atom. The Kier molecular flexibility index (Phi) is 15.5. The Balaban J connectivity index is 0.000000222. The monoisotopic (exact) mass is 666 g/mol. The SMILES string of the molecule is CCCCCCc1ccc(O)cc1O.CSc1ccc2c(c1)C(N1CCN(C)CC1)Cc1ccccc1S2.O=C(O)C=CC(=O)O. The molecule has 0 spiro atoms. The van der Waals surface area contributed by atoms with Crippen molar-refractivity contribution in [2.24, 2.45) is 0 Å². The summed E-state index contributed by atoms with van der Waals surface area (Å²) >= 11 is 3.79. The summed E-state index contributed by atoms with van der Waals surface area (Å²) in [6.07, 6.45) is 10.1. The van der Waals surface area contributed by atoms with Crippen LogP contribution in [-0.2, 0) is 22.4 Å². The molecule has 2 heterocycles. The Morgan fingerprint density at radius 3 is 2.22 bits per heavy atom. The van der Waals surface area contributed by atoms with Gasteiger partial charge >= 0.3 is 11.9 Å². The fraction of sp³-hybridized carbons (Fsp3) is 0.389. The van der Waals surface area contributed by atoms with E-state index < -0.39 is 11.9 Å². The minimum absolute atomic E-state index is 0.125. The molecule has 8 nitrogen and oxygen atoms in total. The van der Waals surface area contributed by atoms with Crippen molar-refractivity contribution in [2.75, 3.05) is 39.5 Å². The van der Waals surface area contributed by atoms with Crippen molar-refractivity contribution in [3.8, 4) is 11.5 Å². The van der Waals surface area contributed by atoms with Crippen molar-refractivity contribution in [1.29, 1.82) is 0 Å². The summed E-state index contributed by atoms with van der Waals surface area (Å²) in [4.78, 5) is 28.5. The number of phenols is 2. The molecular formula is C36H46N2O6S2. The molecule has 3 aromatic rings. The lowest BCUT2D eigenvalue weighted by Crippen LogP contribution is -2.46. The molecule has 3 aromatic carbocycles. The van der Waals surface area contributed by atoms with Gasteiger partial charge in [-0.3, -0.25) is 4.90 Å². The summed E-state index contributed by atoms with van der Waals surface area (Å²) in [5, 5.41) is 34.2. The van der Waals surface area contributed by atoms with Crippen LogP contribution >= 0.6 is 23.5 Å². The second-order valence-corrected chi connectivity index (χ2v) is 13.3. The largest absolute Gasteiger partial charge is 0.508 e. The van der Waals surface area contributed by atoms with Gasteiger partial charge in [-0.25, -0.2) is 9.59 Å². The first-order valence-corrected chi connectivity index (χ1v) is 17.7. The van der Waals surface area contributed by atoms with E-state index in [-0.39, 0.29) is 11.5 Å². The Morgan fingerprint density at radius 2 is 1.59 bits per heavy atom. The van der Waals surface area contributed by atoms with Gasteiger partial charge in [0.15, 0.2) is 0 Å². The lowest BCUT2D eigenvalue weighted by atomic mass is 9.96. The van der Waals surface area contributed by atoms with Crippen LogP contribution in [0.1, 0.15) is 55.3 Å². The molecule has 0 bridgehead atoms. The number of likely N-dealkylation sites (N-methyl/N-ethyl adjacent to an activating group) is 1. The molecule has 248 valence electrons. The van der Waals surface area contributed by atoms with Crippen LogP contribution in [0.15, 0.2) is 87.5 Å². The smallest absolute Gasteiger partial charge is 0.328 e. The van der Waals surface area contributed by atoms with Crippen LogP contribution in [0.25, 0.3) is 0 Å². The summed E-state index contributed by atoms with van der Waals surface area (Å²) in [5.74, 6) is -2.18. The number of carboxylic acids is 2. The van der Waals surface area contributed by atoms with Crippen molar-refractivity contribution in [3.05, 3.63) is 89.5 Å². The molecule has 1 fully saturated rings. The number of nitrogens with zero attached hydrogens (tertiary/aromatic N) is 2. The Labute approximate surface area is 281 Å². The second-order valence-electron chi connectivity index (χ2n) is 11.3. The van der Waals surface area contributed by atoms with Gasteiger partial charge in [-0.15, -0.1) is 11.8 Å². The zero-order valence-corrected chi connectivity index (χ0v) is 28.5. The molecule has 1 atom stereocenters. The molecule has 1 unspecified atom stereocenters. The van der Waals surface area contributed by atoms with E-state index in [0.717, 1.165) is 37.9 Å². The minimum Gasteiger partial charge on any atom is -0.508 e. The van der Waals surface area contributed by atoms with Gasteiger partial charge in [0.2, 0.25) is 0 Å². The Hall–Kier alpha value is -3.44. The number of rotatable bonds is 9. The normalized spacial score (nSPS) is 16.2. The fourth-order valence-corrected chi connectivity index (χ4v) is 6.89. The van der Waals surface area contributed by atoms with Crippen molar-refractivity contribution in [3.63, 3.8) is 0 Å². The van der Waals surface area contributed by atoms with Gasteiger partial charge in [-0.05, 0) is 79.6 Å². The number of hydrogen-bond donors (Lipinski definition) is 4. The molecular weight excluding hydrogens is 621 g/mol. The van der Waals surface area contributed by atoms with E-state index in [4.69, 9.17) is 15.3 Å². The van der Waals surface area contributed by atoms with Gasteiger partial charge in [0.25, 0.3) is 0 Å². The summed E-state index contributed by atoms with van der Waals surface area (Å²) in [6.45, 7) is 6.84. The molecule has 2 aliphatic heterocycles. The number of carboxylic acid groups (broad SMARTS) is 2. The predicted octanol–water partition coefficient (Wildman–Crippen LogP) is 7.34. The molecule has 0 amide bonds. The number of benzene rings is 3. The molecule has 10 heteroatoms. The maximum atomic E-state index is 9.55. The first kappa shape index (κ1) is 37.0. The maximum absolute atomic E-state index is 9.55. The first-order valence-electron chi connectivity index (χ1n) is 15.6. The van der Waals surface area contributed by atoms with E-state index in [1.165, 1.54) is 64.2 Å². The van der Waals surface area contributed by atoms with Gasteiger partial charge in [-0.1, -0.05) is 62.2 Å². The van der Waals surface area contributed by atoms with Gasteiger partial charge in [0, 0.05) is 65.1 Å². The topological polar surface area (TPSA) is 122 Å². The minimum atomic E-state index is -1.26. The number of aliphatic carboxylic acids is 2. The number of unbranched alkanes of at least 4 members (excludes halogenated alkanes) is 3. The van der Waals surface area contributed by atoms with Crippen LogP contribution in [0.3, 0.4) is 0 Å². The molecule has 0 aromatic heterocycles. The lowest BCUT2D eigenvalue weighted by molar-refractivity contribution is -0.134. The lowest BCUT2D eigenvalue weighted by Gasteiger charge is -2.38. The van der Waals surface area contributed by atoms with Crippen molar-refractivity contribution in [1.82, 2.24) is 9.80 Å². The summed E-state index contributed by atoms with van der Waals surface area (Å²) in [5.41, 5.74) is 3.94. The second kappa shape index (κ2) is 19.3. The van der Waals surface area contributed by atoms with E-state index in [2.05, 4.69) is 72.5 Å². The van der Waals surface area contributed by atoms with Crippen LogP contribution in [0.5, 0.6) is 11.5 Å². The first-order chi connectivity index (χ1) is 22.1. The molecule has 5 rings (SSSR count). The van der Waals surface area contributed by atoms with Crippen LogP contribution in [0, 0.1) is 0 Å². The van der Waals surface area contributed by atoms with Crippen LogP contribution in [0.4, 0.5) is 0 Å². The quantitative estimate of drug-likeness (QED) is 0.105. The number of hydrogen-bond acceptors (Lipinski definition) is 8. The predicted molar refractivity (Wildman–Crippen MR) is 186 cm³/mol. The van der Waals surface area contributed by atoms with Crippen molar-refractivity contribution >= 4 is 35.5 Å². The average molecular weight is 667 g/mol. The highest BCUT2D eigenvalue weighted by Gasteiger charge is 2.29. The van der Waals surface area contributed by atoms with E-state index in [1.54, 1.807) is 12.1 Å². The number of fused-ring (bicyclic) bond motifs is 2. The van der Waals surface area contributed by atoms with Gasteiger partial charge in [0.1, 0.15) is 11.5 Å². The number of phenolic OH excluding ortho intramolecular Hbond substituents is 2. The number of aromatic hydroxyl groups is 2. The number of aryl methyl sites for hydroxylation is 1. The number of thioether (sulfide) groups is 1.